The quantitative estimate of drug-likeness (QED) is 0.257. The van der Waals surface area contributed by atoms with Gasteiger partial charge in [0.2, 0.25) is 16.4 Å². The van der Waals surface area contributed by atoms with E-state index in [1.807, 2.05) is 30.3 Å². The highest BCUT2D eigenvalue weighted by molar-refractivity contribution is 7.89. The van der Waals surface area contributed by atoms with Crippen molar-refractivity contribution in [3.05, 3.63) is 72.9 Å². The molecule has 2 rings (SSSR count). The molecule has 1 saturated heterocycles. The third kappa shape index (κ3) is 6.64. The lowest BCUT2D eigenvalue weighted by atomic mass is 10.1. The summed E-state index contributed by atoms with van der Waals surface area (Å²) in [4.78, 5) is 11.0. The molecule has 1 fully saturated rings. The standard InChI is InChI=1S/C21H28N2O5S/c1-3-8-19(4-2)21(23(25)17-24)16-29(26,27)22-13-11-20(12-14-22)28-15-18-9-6-5-7-10-18/h3-10,17,20-21,25H,1-2,11-16H2/b19-8+. The van der Waals surface area contributed by atoms with Crippen molar-refractivity contribution in [2.45, 2.75) is 31.6 Å². The van der Waals surface area contributed by atoms with Gasteiger partial charge in [0.1, 0.15) is 0 Å². The Labute approximate surface area is 172 Å². The number of nitrogens with zero attached hydrogens (tertiary/aromatic N) is 2. The summed E-state index contributed by atoms with van der Waals surface area (Å²) in [7, 11) is -3.71. The van der Waals surface area contributed by atoms with Gasteiger partial charge in [-0.2, -0.15) is 0 Å². The van der Waals surface area contributed by atoms with Crippen LogP contribution in [0.5, 0.6) is 0 Å². The summed E-state index contributed by atoms with van der Waals surface area (Å²) in [6.07, 6.45) is 5.72. The Morgan fingerprint density at radius 1 is 1.28 bits per heavy atom. The molecule has 0 saturated carbocycles. The Balaban J connectivity index is 1.96. The van der Waals surface area contributed by atoms with Crippen LogP contribution < -0.4 is 0 Å². The molecule has 0 aromatic heterocycles. The zero-order chi connectivity index (χ0) is 21.3. The minimum absolute atomic E-state index is 0.00818. The van der Waals surface area contributed by atoms with Crippen LogP contribution in [0.2, 0.25) is 0 Å². The molecule has 0 bridgehead atoms. The Kier molecular flexibility index (Phi) is 8.78. The fourth-order valence-corrected chi connectivity index (χ4v) is 4.94. The maximum atomic E-state index is 12.9. The number of carbonyl (C=O) groups excluding carboxylic acids is 1. The van der Waals surface area contributed by atoms with Crippen molar-refractivity contribution >= 4 is 16.4 Å². The fraction of sp³-hybridized carbons (Fsp3) is 0.381. The fourth-order valence-electron chi connectivity index (χ4n) is 3.22. The molecule has 7 nitrogen and oxygen atoms in total. The highest BCUT2D eigenvalue weighted by atomic mass is 32.2. The number of allylic oxidation sites excluding steroid dienone is 2. The average Bonchev–Trinajstić information content (AvgIpc) is 2.75. The molecule has 1 amide bonds. The normalized spacial score (nSPS) is 17.5. The van der Waals surface area contributed by atoms with Gasteiger partial charge in [-0.3, -0.25) is 10.0 Å². The van der Waals surface area contributed by atoms with Gasteiger partial charge in [0.15, 0.2) is 0 Å². The van der Waals surface area contributed by atoms with Gasteiger partial charge in [0.05, 0.1) is 24.5 Å². The third-order valence-electron chi connectivity index (χ3n) is 4.85. The molecule has 0 aliphatic carbocycles. The average molecular weight is 421 g/mol. The predicted molar refractivity (Wildman–Crippen MR) is 112 cm³/mol. The van der Waals surface area contributed by atoms with Crippen LogP contribution in [0.25, 0.3) is 0 Å². The van der Waals surface area contributed by atoms with Gasteiger partial charge in [0.25, 0.3) is 0 Å². The maximum Gasteiger partial charge on any atom is 0.233 e. The Hall–Kier alpha value is -2.26. The van der Waals surface area contributed by atoms with Gasteiger partial charge in [-0.1, -0.05) is 61.7 Å². The highest BCUT2D eigenvalue weighted by Gasteiger charge is 2.33. The molecule has 1 aromatic carbocycles. The van der Waals surface area contributed by atoms with E-state index in [0.717, 1.165) is 5.56 Å². The van der Waals surface area contributed by atoms with E-state index in [1.54, 1.807) is 0 Å². The molecule has 1 heterocycles. The first kappa shape index (κ1) is 23.0. The zero-order valence-corrected chi connectivity index (χ0v) is 17.2. The van der Waals surface area contributed by atoms with Crippen LogP contribution in [0, 0.1) is 0 Å². The van der Waals surface area contributed by atoms with E-state index in [4.69, 9.17) is 4.74 Å². The van der Waals surface area contributed by atoms with Gasteiger partial charge < -0.3 is 4.74 Å². The van der Waals surface area contributed by atoms with Crippen LogP contribution >= 0.6 is 0 Å². The van der Waals surface area contributed by atoms with E-state index in [9.17, 15) is 18.4 Å². The maximum absolute atomic E-state index is 12.9. The summed E-state index contributed by atoms with van der Waals surface area (Å²) in [5, 5.41) is 10.2. The van der Waals surface area contributed by atoms with Crippen LogP contribution in [0.3, 0.4) is 0 Å². The topological polar surface area (TPSA) is 87.2 Å². The zero-order valence-electron chi connectivity index (χ0n) is 16.4. The molecule has 158 valence electrons. The van der Waals surface area contributed by atoms with Crippen molar-refractivity contribution in [1.82, 2.24) is 9.37 Å². The highest BCUT2D eigenvalue weighted by Crippen LogP contribution is 2.21. The lowest BCUT2D eigenvalue weighted by Crippen LogP contribution is -2.47. The van der Waals surface area contributed by atoms with Gasteiger partial charge in [-0.15, -0.1) is 0 Å². The Morgan fingerprint density at radius 2 is 1.93 bits per heavy atom. The second-order valence-corrected chi connectivity index (χ2v) is 8.79. The summed E-state index contributed by atoms with van der Waals surface area (Å²) in [6.45, 7) is 8.34. The SMILES string of the molecule is C=C/C=C(\C=C)C(CS(=O)(=O)N1CCC(OCc2ccccc2)CC1)N(O)C=O. The molecular formula is C21H28N2O5S. The molecule has 1 atom stereocenters. The summed E-state index contributed by atoms with van der Waals surface area (Å²) in [5.74, 6) is -0.441. The van der Waals surface area contributed by atoms with E-state index in [-0.39, 0.29) is 12.5 Å². The van der Waals surface area contributed by atoms with E-state index < -0.39 is 21.8 Å². The first-order valence-corrected chi connectivity index (χ1v) is 11.0. The van der Waals surface area contributed by atoms with E-state index >= 15 is 0 Å². The molecule has 1 aromatic rings. The van der Waals surface area contributed by atoms with Gasteiger partial charge in [0, 0.05) is 13.1 Å². The van der Waals surface area contributed by atoms with Crippen LogP contribution in [0.1, 0.15) is 18.4 Å². The number of rotatable bonds is 11. The molecule has 0 spiro atoms. The second-order valence-electron chi connectivity index (χ2n) is 6.78. The largest absolute Gasteiger partial charge is 0.373 e. The molecule has 1 aliphatic rings. The van der Waals surface area contributed by atoms with Gasteiger partial charge in [-0.05, 0) is 24.0 Å². The monoisotopic (exact) mass is 420 g/mol. The van der Waals surface area contributed by atoms with Crippen molar-refractivity contribution in [3.63, 3.8) is 0 Å². The molecule has 8 heteroatoms. The Bertz CT molecular complexity index is 815. The number of ether oxygens (including phenoxy) is 1. The Morgan fingerprint density at radius 3 is 2.48 bits per heavy atom. The predicted octanol–water partition coefficient (Wildman–Crippen LogP) is 2.51. The lowest BCUT2D eigenvalue weighted by molar-refractivity contribution is -0.154. The van der Waals surface area contributed by atoms with Gasteiger partial charge in [-0.25, -0.2) is 17.8 Å². The number of hydrogen-bond acceptors (Lipinski definition) is 5. The second kappa shape index (κ2) is 11.1. The third-order valence-corrected chi connectivity index (χ3v) is 6.74. The van der Waals surface area contributed by atoms with Crippen molar-refractivity contribution in [3.8, 4) is 0 Å². The summed E-state index contributed by atoms with van der Waals surface area (Å²) in [5.41, 5.74) is 1.47. The van der Waals surface area contributed by atoms with Crippen molar-refractivity contribution < 1.29 is 23.2 Å². The molecule has 1 N–H and O–H groups in total. The first-order chi connectivity index (χ1) is 13.9. The smallest absolute Gasteiger partial charge is 0.233 e. The minimum Gasteiger partial charge on any atom is -0.373 e. The van der Waals surface area contributed by atoms with Crippen LogP contribution in [-0.4, -0.2) is 60.4 Å². The number of piperidine rings is 1. The van der Waals surface area contributed by atoms with Crippen molar-refractivity contribution in [1.29, 1.82) is 0 Å². The number of carbonyl (C=O) groups is 1. The summed E-state index contributed by atoms with van der Waals surface area (Å²) in [6, 6.07) is 8.77. The first-order valence-electron chi connectivity index (χ1n) is 9.42. The van der Waals surface area contributed by atoms with Crippen molar-refractivity contribution in [2.24, 2.45) is 0 Å². The van der Waals surface area contributed by atoms with Crippen molar-refractivity contribution in [2.75, 3.05) is 18.8 Å². The van der Waals surface area contributed by atoms with Crippen LogP contribution in [0.4, 0.5) is 0 Å². The van der Waals surface area contributed by atoms with Crippen LogP contribution in [0.15, 0.2) is 67.3 Å². The van der Waals surface area contributed by atoms with E-state index in [1.165, 1.54) is 22.5 Å². The molecule has 1 unspecified atom stereocenters. The van der Waals surface area contributed by atoms with E-state index in [2.05, 4.69) is 13.2 Å². The number of benzene rings is 1. The number of amides is 1. The molecule has 29 heavy (non-hydrogen) atoms. The molecular weight excluding hydrogens is 392 g/mol. The molecule has 0 radical (unpaired) electrons. The van der Waals surface area contributed by atoms with E-state index in [0.29, 0.717) is 43.2 Å². The molecule has 1 aliphatic heterocycles. The van der Waals surface area contributed by atoms with Crippen LogP contribution in [-0.2, 0) is 26.2 Å². The minimum atomic E-state index is -3.71. The summed E-state index contributed by atoms with van der Waals surface area (Å²) >= 11 is 0. The lowest BCUT2D eigenvalue weighted by Gasteiger charge is -2.33. The van der Waals surface area contributed by atoms with Gasteiger partial charge >= 0.3 is 0 Å². The summed E-state index contributed by atoms with van der Waals surface area (Å²) < 4.78 is 33.0. The number of hydroxylamine groups is 2. The number of hydrogen-bond donors (Lipinski definition) is 1. The number of sulfonamides is 1.